The molecule has 0 heterocycles. The molecule has 0 aromatic carbocycles. The maximum Gasteiger partial charge on any atom is 0 e. The fourth-order valence-corrected chi connectivity index (χ4v) is 0. The van der Waals surface area contributed by atoms with Crippen molar-refractivity contribution < 1.29 is 16.8 Å². The molecule has 0 aromatic rings. The molecule has 0 aliphatic carbocycles. The third-order valence-electron chi connectivity index (χ3n) is 0.729. The van der Waals surface area contributed by atoms with Gasteiger partial charge in [0.25, 0.3) is 0 Å². The second-order valence-electron chi connectivity index (χ2n) is 1.56. The van der Waals surface area contributed by atoms with Crippen LogP contribution in [0.1, 0.15) is 13.8 Å². The molecule has 0 aromatic heterocycles. The number of hydrogen-bond donors (Lipinski definition) is 0. The van der Waals surface area contributed by atoms with Crippen molar-refractivity contribution in [3.05, 3.63) is 24.3 Å². The minimum atomic E-state index is 0. The van der Waals surface area contributed by atoms with Crippen LogP contribution in [0.25, 0.3) is 0 Å². The van der Waals surface area contributed by atoms with Gasteiger partial charge in [-0.25, -0.2) is 0 Å². The summed E-state index contributed by atoms with van der Waals surface area (Å²) in [6.45, 7) is 11.2. The van der Waals surface area contributed by atoms with Crippen LogP contribution in [0.4, 0.5) is 0 Å². The molecule has 7 heavy (non-hydrogen) atoms. The van der Waals surface area contributed by atoms with Crippen LogP contribution in [0.2, 0.25) is 0 Å². The zero-order valence-electron chi connectivity index (χ0n) is 4.75. The monoisotopic (exact) mass is 141 g/mol. The van der Waals surface area contributed by atoms with Crippen LogP contribution in [0.15, 0.2) is 24.3 Å². The molecule has 0 amide bonds. The summed E-state index contributed by atoms with van der Waals surface area (Å²) in [5.41, 5.74) is 2.13. The summed E-state index contributed by atoms with van der Waals surface area (Å²) < 4.78 is 0. The SMILES string of the molecule is C=C(C)C(=C)C.[Co]. The van der Waals surface area contributed by atoms with Gasteiger partial charge in [0.2, 0.25) is 0 Å². The predicted molar refractivity (Wildman–Crippen MR) is 29.6 cm³/mol. The molecule has 0 fully saturated rings. The fraction of sp³-hybridized carbons (Fsp3) is 0.333. The normalized spacial score (nSPS) is 6.57. The molecule has 0 nitrogen and oxygen atoms in total. The Morgan fingerprint density at radius 2 is 1.14 bits per heavy atom. The minimum absolute atomic E-state index is 0. The van der Waals surface area contributed by atoms with E-state index in [0.29, 0.717) is 0 Å². The molecule has 0 atom stereocenters. The van der Waals surface area contributed by atoms with E-state index in [1.165, 1.54) is 0 Å². The molecule has 0 spiro atoms. The maximum atomic E-state index is 3.66. The van der Waals surface area contributed by atoms with Gasteiger partial charge in [-0.1, -0.05) is 24.3 Å². The van der Waals surface area contributed by atoms with E-state index in [9.17, 15) is 0 Å². The van der Waals surface area contributed by atoms with E-state index in [1.54, 1.807) is 0 Å². The quantitative estimate of drug-likeness (QED) is 0.490. The van der Waals surface area contributed by atoms with Crippen LogP contribution in [0.5, 0.6) is 0 Å². The summed E-state index contributed by atoms with van der Waals surface area (Å²) in [6, 6.07) is 0. The molecule has 0 aliphatic heterocycles. The van der Waals surface area contributed by atoms with Gasteiger partial charge in [0, 0.05) is 16.8 Å². The Balaban J connectivity index is 0. The standard InChI is InChI=1S/C6H10.Co/c1-5(2)6(3)4;/h1,3H2,2,4H3;. The summed E-state index contributed by atoms with van der Waals surface area (Å²) in [7, 11) is 0. The molecule has 0 N–H and O–H groups in total. The zero-order valence-corrected chi connectivity index (χ0v) is 5.79. The molecule has 0 saturated heterocycles. The molecule has 0 unspecified atom stereocenters. The molecule has 43 valence electrons. The van der Waals surface area contributed by atoms with Gasteiger partial charge in [-0.3, -0.25) is 0 Å². The van der Waals surface area contributed by atoms with Crippen molar-refractivity contribution >= 4 is 0 Å². The zero-order chi connectivity index (χ0) is 5.15. The molecule has 0 bridgehead atoms. The van der Waals surface area contributed by atoms with Crippen LogP contribution in [0, 0.1) is 0 Å². The summed E-state index contributed by atoms with van der Waals surface area (Å²) in [5, 5.41) is 0. The molecular weight excluding hydrogens is 131 g/mol. The van der Waals surface area contributed by atoms with Gasteiger partial charge < -0.3 is 0 Å². The van der Waals surface area contributed by atoms with E-state index in [0.717, 1.165) is 11.1 Å². The van der Waals surface area contributed by atoms with Gasteiger partial charge in [0.05, 0.1) is 0 Å². The Kier molecular flexibility index (Phi) is 5.97. The maximum absolute atomic E-state index is 3.66. The first-order valence-corrected chi connectivity index (χ1v) is 1.96. The van der Waals surface area contributed by atoms with E-state index in [4.69, 9.17) is 0 Å². The average Bonchev–Trinajstić information content (AvgIpc) is 1.36. The van der Waals surface area contributed by atoms with Gasteiger partial charge in [0.1, 0.15) is 0 Å². The van der Waals surface area contributed by atoms with E-state index in [2.05, 4.69) is 13.2 Å². The number of hydrogen-bond acceptors (Lipinski definition) is 0. The Morgan fingerprint density at radius 1 is 1.00 bits per heavy atom. The molecular formula is C6H10Co. The largest absolute Gasteiger partial charge is 0.0959 e. The van der Waals surface area contributed by atoms with E-state index >= 15 is 0 Å². The number of allylic oxidation sites excluding steroid dienone is 2. The van der Waals surface area contributed by atoms with Crippen molar-refractivity contribution in [2.45, 2.75) is 13.8 Å². The summed E-state index contributed by atoms with van der Waals surface area (Å²) >= 11 is 0. The summed E-state index contributed by atoms with van der Waals surface area (Å²) in [5.74, 6) is 0. The van der Waals surface area contributed by atoms with E-state index < -0.39 is 0 Å². The van der Waals surface area contributed by atoms with Crippen molar-refractivity contribution in [2.75, 3.05) is 0 Å². The Morgan fingerprint density at radius 3 is 1.14 bits per heavy atom. The van der Waals surface area contributed by atoms with Gasteiger partial charge in [0.15, 0.2) is 0 Å². The predicted octanol–water partition coefficient (Wildman–Crippen LogP) is 2.14. The topological polar surface area (TPSA) is 0 Å². The van der Waals surface area contributed by atoms with Crippen molar-refractivity contribution in [1.29, 1.82) is 0 Å². The van der Waals surface area contributed by atoms with Crippen LogP contribution < -0.4 is 0 Å². The Labute approximate surface area is 55.5 Å². The number of rotatable bonds is 1. The average molecular weight is 141 g/mol. The Hall–Kier alpha value is -0.0135. The summed E-state index contributed by atoms with van der Waals surface area (Å²) in [4.78, 5) is 0. The molecule has 1 radical (unpaired) electrons. The van der Waals surface area contributed by atoms with Crippen molar-refractivity contribution in [3.8, 4) is 0 Å². The molecule has 0 aliphatic rings. The minimum Gasteiger partial charge on any atom is -0.0959 e. The van der Waals surface area contributed by atoms with E-state index in [-0.39, 0.29) is 16.8 Å². The van der Waals surface area contributed by atoms with Crippen molar-refractivity contribution in [1.82, 2.24) is 0 Å². The molecule has 0 saturated carbocycles. The third kappa shape index (κ3) is 5.99. The molecule has 0 rings (SSSR count). The first-order chi connectivity index (χ1) is 2.64. The van der Waals surface area contributed by atoms with Crippen molar-refractivity contribution in [3.63, 3.8) is 0 Å². The second kappa shape index (κ2) is 4.15. The van der Waals surface area contributed by atoms with Gasteiger partial charge in [-0.05, 0) is 13.8 Å². The van der Waals surface area contributed by atoms with Crippen LogP contribution in [-0.2, 0) is 16.8 Å². The third-order valence-corrected chi connectivity index (χ3v) is 0.729. The Bertz CT molecular complexity index is 70.2. The van der Waals surface area contributed by atoms with Crippen LogP contribution >= 0.6 is 0 Å². The second-order valence-corrected chi connectivity index (χ2v) is 1.56. The van der Waals surface area contributed by atoms with Crippen molar-refractivity contribution in [2.24, 2.45) is 0 Å². The first kappa shape index (κ1) is 10.1. The van der Waals surface area contributed by atoms with Crippen LogP contribution in [0.3, 0.4) is 0 Å². The fourth-order valence-electron chi connectivity index (χ4n) is 0. The van der Waals surface area contributed by atoms with Gasteiger partial charge >= 0.3 is 0 Å². The van der Waals surface area contributed by atoms with Crippen LogP contribution in [-0.4, -0.2) is 0 Å². The first-order valence-electron chi connectivity index (χ1n) is 1.96. The van der Waals surface area contributed by atoms with E-state index in [1.807, 2.05) is 13.8 Å². The van der Waals surface area contributed by atoms with Gasteiger partial charge in [-0.15, -0.1) is 0 Å². The molecule has 1 heteroatoms. The summed E-state index contributed by atoms with van der Waals surface area (Å²) in [6.07, 6.45) is 0. The smallest absolute Gasteiger partial charge is 0 e. The van der Waals surface area contributed by atoms with Gasteiger partial charge in [-0.2, -0.15) is 0 Å².